The average molecular weight is 382 g/mol. The van der Waals surface area contributed by atoms with Gasteiger partial charge in [0.15, 0.2) is 0 Å². The van der Waals surface area contributed by atoms with E-state index in [1.165, 1.54) is 0 Å². The number of nitrogens with zero attached hydrogens (tertiary/aromatic N) is 2. The van der Waals surface area contributed by atoms with Crippen LogP contribution in [0, 0.1) is 13.8 Å². The van der Waals surface area contributed by atoms with Crippen LogP contribution < -0.4 is 9.62 Å². The van der Waals surface area contributed by atoms with Crippen LogP contribution in [0.1, 0.15) is 17.5 Å². The van der Waals surface area contributed by atoms with E-state index < -0.39 is 10.0 Å². The molecule has 1 saturated heterocycles. The molecular weight excluding hydrogens is 358 g/mol. The third kappa shape index (κ3) is 3.55. The molecule has 0 amide bonds. The van der Waals surface area contributed by atoms with Gasteiger partial charge in [0.05, 0.1) is 10.4 Å². The van der Waals surface area contributed by atoms with Crippen molar-refractivity contribution in [2.75, 3.05) is 18.0 Å². The molecule has 140 valence electrons. The Morgan fingerprint density at radius 3 is 2.78 bits per heavy atom. The summed E-state index contributed by atoms with van der Waals surface area (Å²) in [5.41, 5.74) is 3.89. The van der Waals surface area contributed by atoms with Crippen LogP contribution in [0.5, 0.6) is 0 Å². The molecule has 0 bridgehead atoms. The molecule has 1 atom stereocenters. The number of sulfonamides is 1. The van der Waals surface area contributed by atoms with Gasteiger partial charge in [-0.05, 0) is 56.2 Å². The summed E-state index contributed by atoms with van der Waals surface area (Å²) < 4.78 is 28.6. The van der Waals surface area contributed by atoms with Gasteiger partial charge in [-0.15, -0.1) is 0 Å². The van der Waals surface area contributed by atoms with Crippen molar-refractivity contribution in [2.24, 2.45) is 0 Å². The molecule has 1 N–H and O–H groups in total. The quantitative estimate of drug-likeness (QED) is 0.752. The standard InChI is InChI=1S/C21H23N3O2S/c1-15-8-9-21(16(2)13-15)27(25,26)23-17-10-12-24(14-17)20-7-3-6-19-18(20)5-4-11-22-19/h3-9,11,13,17,23H,10,12,14H2,1-2H3. The highest BCUT2D eigenvalue weighted by Crippen LogP contribution is 2.29. The maximum atomic E-state index is 12.8. The van der Waals surface area contributed by atoms with E-state index >= 15 is 0 Å². The number of hydrogen-bond donors (Lipinski definition) is 1. The first-order valence-electron chi connectivity index (χ1n) is 9.12. The van der Waals surface area contributed by atoms with E-state index in [-0.39, 0.29) is 6.04 Å². The zero-order valence-electron chi connectivity index (χ0n) is 15.5. The normalized spacial score (nSPS) is 17.6. The molecule has 27 heavy (non-hydrogen) atoms. The summed E-state index contributed by atoms with van der Waals surface area (Å²) in [6.07, 6.45) is 2.57. The van der Waals surface area contributed by atoms with Crippen LogP contribution in [0.2, 0.25) is 0 Å². The van der Waals surface area contributed by atoms with Gasteiger partial charge < -0.3 is 4.90 Å². The van der Waals surface area contributed by atoms with E-state index in [9.17, 15) is 8.42 Å². The Hall–Kier alpha value is -2.44. The molecule has 1 aromatic heterocycles. The summed E-state index contributed by atoms with van der Waals surface area (Å²) in [6.45, 7) is 5.27. The van der Waals surface area contributed by atoms with Gasteiger partial charge in [0, 0.05) is 36.4 Å². The van der Waals surface area contributed by atoms with Gasteiger partial charge in [-0.3, -0.25) is 4.98 Å². The Kier molecular flexibility index (Phi) is 4.61. The lowest BCUT2D eigenvalue weighted by Crippen LogP contribution is -2.37. The lowest BCUT2D eigenvalue weighted by molar-refractivity contribution is 0.561. The van der Waals surface area contributed by atoms with Gasteiger partial charge in [-0.1, -0.05) is 23.8 Å². The van der Waals surface area contributed by atoms with Gasteiger partial charge >= 0.3 is 0 Å². The molecule has 1 aliphatic rings. The Labute approximate surface area is 160 Å². The number of rotatable bonds is 4. The van der Waals surface area contributed by atoms with Gasteiger partial charge in [0.2, 0.25) is 10.0 Å². The monoisotopic (exact) mass is 381 g/mol. The molecule has 1 aliphatic heterocycles. The summed E-state index contributed by atoms with van der Waals surface area (Å²) in [4.78, 5) is 7.01. The molecule has 5 nitrogen and oxygen atoms in total. The Bertz CT molecular complexity index is 1090. The molecular formula is C21H23N3O2S. The van der Waals surface area contributed by atoms with Gasteiger partial charge in [-0.2, -0.15) is 0 Å². The van der Waals surface area contributed by atoms with E-state index in [2.05, 4.69) is 26.7 Å². The van der Waals surface area contributed by atoms with Gasteiger partial charge in [-0.25, -0.2) is 13.1 Å². The topological polar surface area (TPSA) is 62.3 Å². The average Bonchev–Trinajstić information content (AvgIpc) is 3.08. The van der Waals surface area contributed by atoms with Crippen molar-refractivity contribution in [1.29, 1.82) is 0 Å². The second-order valence-corrected chi connectivity index (χ2v) is 8.85. The highest BCUT2D eigenvalue weighted by atomic mass is 32.2. The first-order chi connectivity index (χ1) is 12.9. The Morgan fingerprint density at radius 1 is 1.11 bits per heavy atom. The Morgan fingerprint density at radius 2 is 1.96 bits per heavy atom. The maximum absolute atomic E-state index is 12.8. The number of benzene rings is 2. The van der Waals surface area contributed by atoms with Crippen molar-refractivity contribution in [2.45, 2.75) is 31.2 Å². The van der Waals surface area contributed by atoms with Crippen LogP contribution in [-0.4, -0.2) is 32.5 Å². The molecule has 0 radical (unpaired) electrons. The predicted molar refractivity (Wildman–Crippen MR) is 109 cm³/mol. The Balaban J connectivity index is 1.54. The van der Waals surface area contributed by atoms with Crippen molar-refractivity contribution in [1.82, 2.24) is 9.71 Å². The number of pyridine rings is 1. The minimum absolute atomic E-state index is 0.109. The molecule has 2 aromatic carbocycles. The predicted octanol–water partition coefficient (Wildman–Crippen LogP) is 3.41. The highest BCUT2D eigenvalue weighted by Gasteiger charge is 2.28. The van der Waals surface area contributed by atoms with Crippen LogP contribution in [-0.2, 0) is 10.0 Å². The minimum Gasteiger partial charge on any atom is -0.369 e. The number of hydrogen-bond acceptors (Lipinski definition) is 4. The summed E-state index contributed by atoms with van der Waals surface area (Å²) in [6, 6.07) is 15.4. The fourth-order valence-electron chi connectivity index (χ4n) is 3.82. The lowest BCUT2D eigenvalue weighted by Gasteiger charge is -2.21. The van der Waals surface area contributed by atoms with Crippen LogP contribution in [0.4, 0.5) is 5.69 Å². The van der Waals surface area contributed by atoms with E-state index in [0.29, 0.717) is 11.4 Å². The van der Waals surface area contributed by atoms with Crippen molar-refractivity contribution < 1.29 is 8.42 Å². The lowest BCUT2D eigenvalue weighted by atomic mass is 10.1. The molecule has 2 heterocycles. The number of anilines is 1. The van der Waals surface area contributed by atoms with Crippen molar-refractivity contribution in [3.63, 3.8) is 0 Å². The zero-order valence-corrected chi connectivity index (χ0v) is 16.3. The van der Waals surface area contributed by atoms with Crippen LogP contribution >= 0.6 is 0 Å². The van der Waals surface area contributed by atoms with E-state index in [0.717, 1.165) is 40.7 Å². The van der Waals surface area contributed by atoms with Crippen molar-refractivity contribution in [3.05, 3.63) is 65.9 Å². The smallest absolute Gasteiger partial charge is 0.241 e. The highest BCUT2D eigenvalue weighted by molar-refractivity contribution is 7.89. The van der Waals surface area contributed by atoms with E-state index in [1.807, 2.05) is 44.2 Å². The minimum atomic E-state index is -3.53. The maximum Gasteiger partial charge on any atom is 0.241 e. The SMILES string of the molecule is Cc1ccc(S(=O)(=O)NC2CCN(c3cccc4ncccc34)C2)c(C)c1. The van der Waals surface area contributed by atoms with Crippen LogP contribution in [0.15, 0.2) is 59.6 Å². The molecule has 1 unspecified atom stereocenters. The second kappa shape index (κ2) is 6.94. The first-order valence-corrected chi connectivity index (χ1v) is 10.6. The second-order valence-electron chi connectivity index (χ2n) is 7.17. The zero-order chi connectivity index (χ0) is 19.0. The summed E-state index contributed by atoms with van der Waals surface area (Å²) in [5, 5.41) is 1.10. The van der Waals surface area contributed by atoms with E-state index in [1.54, 1.807) is 12.3 Å². The third-order valence-electron chi connectivity index (χ3n) is 5.09. The molecule has 0 spiro atoms. The van der Waals surface area contributed by atoms with E-state index in [4.69, 9.17) is 0 Å². The molecule has 0 saturated carbocycles. The number of aryl methyl sites for hydroxylation is 2. The van der Waals surface area contributed by atoms with Crippen LogP contribution in [0.3, 0.4) is 0 Å². The summed E-state index contributed by atoms with van der Waals surface area (Å²) in [7, 11) is -3.53. The summed E-state index contributed by atoms with van der Waals surface area (Å²) in [5.74, 6) is 0. The third-order valence-corrected chi connectivity index (χ3v) is 6.77. The number of nitrogens with one attached hydrogen (secondary N) is 1. The molecule has 3 aromatic rings. The largest absolute Gasteiger partial charge is 0.369 e. The molecule has 1 fully saturated rings. The van der Waals surface area contributed by atoms with Crippen LogP contribution in [0.25, 0.3) is 10.9 Å². The molecule has 6 heteroatoms. The molecule has 4 rings (SSSR count). The number of aromatic nitrogens is 1. The number of fused-ring (bicyclic) bond motifs is 1. The fourth-order valence-corrected chi connectivity index (χ4v) is 5.31. The summed E-state index contributed by atoms with van der Waals surface area (Å²) >= 11 is 0. The van der Waals surface area contributed by atoms with Crippen molar-refractivity contribution >= 4 is 26.6 Å². The van der Waals surface area contributed by atoms with Crippen molar-refractivity contribution in [3.8, 4) is 0 Å². The fraction of sp³-hybridized carbons (Fsp3) is 0.286. The van der Waals surface area contributed by atoms with Gasteiger partial charge in [0.1, 0.15) is 0 Å². The first kappa shape index (κ1) is 17.9. The van der Waals surface area contributed by atoms with Gasteiger partial charge in [0.25, 0.3) is 0 Å². The molecule has 0 aliphatic carbocycles.